The number of ether oxygens (including phenoxy) is 4. The van der Waals surface area contributed by atoms with Gasteiger partial charge >= 0.3 is 17.9 Å². The predicted octanol–water partition coefficient (Wildman–Crippen LogP) is 5.93. The van der Waals surface area contributed by atoms with Gasteiger partial charge in [-0.15, -0.1) is 0 Å². The molecule has 1 saturated heterocycles. The maximum atomic E-state index is 13.3. The van der Waals surface area contributed by atoms with E-state index in [2.05, 4.69) is 24.5 Å². The lowest BCUT2D eigenvalue weighted by atomic mass is 9.96. The van der Waals surface area contributed by atoms with Crippen LogP contribution >= 0.6 is 0 Å². The number of rotatable bonds is 40. The van der Waals surface area contributed by atoms with Gasteiger partial charge in [0.2, 0.25) is 23.6 Å². The number of esters is 2. The molecular weight excluding hydrogens is 869 g/mol. The lowest BCUT2D eigenvalue weighted by Gasteiger charge is -2.43. The second kappa shape index (κ2) is 37.1. The number of nitrogens with two attached hydrogens (primary N) is 1. The first kappa shape index (κ1) is 59.3. The monoisotopic (exact) mass is 958 g/mol. The van der Waals surface area contributed by atoms with Crippen molar-refractivity contribution in [2.24, 2.45) is 5.73 Å². The van der Waals surface area contributed by atoms with E-state index < -0.39 is 104 Å². The molecule has 18 nitrogen and oxygen atoms in total. The molecule has 1 aliphatic rings. The quantitative estimate of drug-likeness (QED) is 0.0277. The number of hydrogen-bond donors (Lipinski definition) is 7. The van der Waals surface area contributed by atoms with E-state index in [0.29, 0.717) is 12.8 Å². The minimum Gasteiger partial charge on any atom is -0.481 e. The highest BCUT2D eigenvalue weighted by Gasteiger charge is 2.47. The zero-order valence-electron chi connectivity index (χ0n) is 42.4. The number of primary amides is 1. The van der Waals surface area contributed by atoms with E-state index in [1.54, 1.807) is 0 Å². The second-order valence-electron chi connectivity index (χ2n) is 18.2. The van der Waals surface area contributed by atoms with Gasteiger partial charge in [0.1, 0.15) is 55.3 Å². The van der Waals surface area contributed by atoms with Gasteiger partial charge in [0, 0.05) is 19.8 Å². The van der Waals surface area contributed by atoms with Crippen molar-refractivity contribution in [3.63, 3.8) is 0 Å². The van der Waals surface area contributed by atoms with Crippen LogP contribution in [0.3, 0.4) is 0 Å². The third-order valence-corrected chi connectivity index (χ3v) is 12.0. The summed E-state index contributed by atoms with van der Waals surface area (Å²) >= 11 is 0. The van der Waals surface area contributed by atoms with E-state index in [-0.39, 0.29) is 30.5 Å². The van der Waals surface area contributed by atoms with Gasteiger partial charge in [-0.3, -0.25) is 33.6 Å². The average molecular weight is 958 g/mol. The van der Waals surface area contributed by atoms with Gasteiger partial charge in [0.05, 0.1) is 6.42 Å². The number of carbonyl (C=O) groups is 7. The van der Waals surface area contributed by atoms with Crippen LogP contribution < -0.4 is 21.7 Å². The summed E-state index contributed by atoms with van der Waals surface area (Å²) in [6.45, 7) is 7.34. The van der Waals surface area contributed by atoms with Gasteiger partial charge < -0.3 is 55.9 Å². The number of unbranched alkanes of at least 4 members (excludes halogenated alkanes) is 20. The molecule has 1 aliphatic heterocycles. The maximum absolute atomic E-state index is 13.3. The summed E-state index contributed by atoms with van der Waals surface area (Å²) in [5, 5.41) is 36.2. The summed E-state index contributed by atoms with van der Waals surface area (Å²) < 4.78 is 31.0. The van der Waals surface area contributed by atoms with Crippen LogP contribution in [0.15, 0.2) is 0 Å². The Labute approximate surface area is 401 Å². The van der Waals surface area contributed by atoms with E-state index in [0.717, 1.165) is 51.9 Å². The molecule has 0 aliphatic carbocycles. The highest BCUT2D eigenvalue weighted by Crippen LogP contribution is 2.25. The highest BCUT2D eigenvalue weighted by atomic mass is 16.6. The Morgan fingerprint density at radius 1 is 0.701 bits per heavy atom. The van der Waals surface area contributed by atoms with Crippen molar-refractivity contribution in [2.45, 2.75) is 263 Å². The van der Waals surface area contributed by atoms with Crippen LogP contribution in [0.2, 0.25) is 1.41 Å². The van der Waals surface area contributed by atoms with E-state index in [4.69, 9.17) is 31.2 Å². The first-order chi connectivity index (χ1) is 32.4. The van der Waals surface area contributed by atoms with E-state index in [1.807, 2.05) is 0 Å². The van der Waals surface area contributed by atoms with E-state index in [1.165, 1.54) is 104 Å². The first-order valence-corrected chi connectivity index (χ1v) is 25.4. The number of aliphatic hydroxyl groups excluding tert-OH is 2. The Kier molecular flexibility index (Phi) is 32.8. The number of carbonyl (C=O) groups excluding carboxylic acids is 6. The minimum atomic E-state index is -1.82. The smallest absolute Gasteiger partial charge is 0.309 e. The normalized spacial score (nSPS) is 20.1. The second-order valence-corrected chi connectivity index (χ2v) is 18.2. The van der Waals surface area contributed by atoms with Crippen LogP contribution in [-0.2, 0) is 52.5 Å². The molecule has 1 unspecified atom stereocenters. The van der Waals surface area contributed by atoms with Crippen molar-refractivity contribution in [2.75, 3.05) is 6.61 Å². The summed E-state index contributed by atoms with van der Waals surface area (Å²) in [5.74, 6) is -6.12. The van der Waals surface area contributed by atoms with Crippen LogP contribution in [-0.4, -0.2) is 118 Å². The molecule has 1 heterocycles. The summed E-state index contributed by atoms with van der Waals surface area (Å²) in [6, 6.07) is -4.36. The minimum absolute atomic E-state index is 0.243. The molecule has 0 bridgehead atoms. The molecule has 0 spiro atoms. The molecule has 0 radical (unpaired) electrons. The third kappa shape index (κ3) is 28.9. The summed E-state index contributed by atoms with van der Waals surface area (Å²) in [6.07, 6.45) is 15.9. The van der Waals surface area contributed by atoms with Gasteiger partial charge in [-0.05, 0) is 39.5 Å². The molecule has 8 N–H and O–H groups in total. The number of hydrogen-bond acceptors (Lipinski definition) is 13. The molecule has 18 heteroatoms. The van der Waals surface area contributed by atoms with Crippen molar-refractivity contribution in [3.05, 3.63) is 0 Å². The lowest BCUT2D eigenvalue weighted by molar-refractivity contribution is -0.267. The highest BCUT2D eigenvalue weighted by molar-refractivity contribution is 5.92. The van der Waals surface area contributed by atoms with Crippen molar-refractivity contribution in [1.82, 2.24) is 15.9 Å². The molecule has 67 heavy (non-hydrogen) atoms. The largest absolute Gasteiger partial charge is 0.481 e. The fraction of sp³-hybridized carbons (Fsp3) is 0.857. The van der Waals surface area contributed by atoms with Gasteiger partial charge in [0.25, 0.3) is 0 Å². The summed E-state index contributed by atoms with van der Waals surface area (Å²) in [7, 11) is 0. The maximum Gasteiger partial charge on any atom is 0.309 e. The average Bonchev–Trinajstić information content (AvgIpc) is 3.29. The Morgan fingerprint density at radius 3 is 1.70 bits per heavy atom. The van der Waals surface area contributed by atoms with Crippen molar-refractivity contribution >= 4 is 41.5 Å². The van der Waals surface area contributed by atoms with Crippen LogP contribution in [0.4, 0.5) is 0 Å². The van der Waals surface area contributed by atoms with Gasteiger partial charge in [-0.25, -0.2) is 0 Å². The number of amides is 4. The Hall–Kier alpha value is -3.87. The fourth-order valence-electron chi connectivity index (χ4n) is 7.95. The van der Waals surface area contributed by atoms with Crippen LogP contribution in [0.25, 0.3) is 0 Å². The lowest BCUT2D eigenvalue weighted by Crippen LogP contribution is -2.66. The molecule has 0 aromatic heterocycles. The van der Waals surface area contributed by atoms with Crippen LogP contribution in [0.5, 0.6) is 0 Å². The number of aliphatic carboxylic acids is 1. The molecule has 1 fully saturated rings. The number of nitrogens with one attached hydrogen (secondary N) is 3. The molecule has 388 valence electrons. The van der Waals surface area contributed by atoms with E-state index >= 15 is 0 Å². The van der Waals surface area contributed by atoms with Crippen molar-refractivity contribution in [3.8, 4) is 0 Å². The van der Waals surface area contributed by atoms with Gasteiger partial charge in [-0.1, -0.05) is 142 Å². The number of carboxylic acids is 1. The molecule has 0 saturated carbocycles. The summed E-state index contributed by atoms with van der Waals surface area (Å²) in [4.78, 5) is 87.4. The topological polar surface area (TPSA) is 279 Å². The zero-order valence-corrected chi connectivity index (χ0v) is 41.4. The van der Waals surface area contributed by atoms with Crippen LogP contribution in [0.1, 0.15) is 208 Å². The molecular formula is C49H88N4O14. The molecule has 1 rings (SSSR count). The predicted molar refractivity (Wildman–Crippen MR) is 252 cm³/mol. The SMILES string of the molecule is [2H]N(C(=O)[C@@H](C)O[C@H]1[C@H](O)[C@@H](COC(=O)C[C@@H](CCCCCCCCCCCCC)OC(=O)CCCCCCCCCCCCC)OC(O)[C@@H]1NC(C)=O)[C@@H](C)C(=O)N[C@@H](CCC(=O)O)C(N)=O. The number of carboxylic acid groups (broad SMARTS) is 1. The molecule has 0 aromatic carbocycles. The molecule has 4 amide bonds. The van der Waals surface area contributed by atoms with E-state index in [9.17, 15) is 43.8 Å². The zero-order chi connectivity index (χ0) is 50.9. The fourth-order valence-corrected chi connectivity index (χ4v) is 7.95. The van der Waals surface area contributed by atoms with Crippen LogP contribution in [0, 0.1) is 0 Å². The molecule has 9 atom stereocenters. The van der Waals surface area contributed by atoms with Crippen molar-refractivity contribution < 1.29 is 69.2 Å². The molecule has 0 aromatic rings. The number of aliphatic hydroxyl groups is 2. The first-order valence-electron chi connectivity index (χ1n) is 25.8. The van der Waals surface area contributed by atoms with Gasteiger partial charge in [0.15, 0.2) is 7.70 Å². The standard InChI is InChI=1S/C49H88N4O14/c1-6-8-10-12-14-16-18-20-22-24-26-28-37(66-41(57)29-27-25-23-21-19-17-15-13-11-9-7-2)32-42(58)64-33-39-44(59)45(43(49(63)67-39)52-36(5)54)65-35(4)48(62)51-34(3)47(61)53-38(46(50)60)30-31-40(55)56/h34-35,37-39,43-45,49,59,63H,6-33H2,1-5H3,(H2,50,60)(H,51,62)(H,52,54)(H,53,61)(H,55,56)/t34-,35+,37+,38-,39+,43+,44+,45+,49?/m0/s1/i/hD. The third-order valence-electron chi connectivity index (χ3n) is 12.0. The Morgan fingerprint density at radius 2 is 1.21 bits per heavy atom. The Bertz CT molecular complexity index is 1480. The summed E-state index contributed by atoms with van der Waals surface area (Å²) in [5.41, 5.74) is 5.29. The van der Waals surface area contributed by atoms with Gasteiger partial charge in [-0.2, -0.15) is 0 Å². The Balaban J connectivity index is 2.91. The van der Waals surface area contributed by atoms with Crippen molar-refractivity contribution in [1.29, 1.82) is 0 Å².